The summed E-state index contributed by atoms with van der Waals surface area (Å²) in [6.45, 7) is 0. The van der Waals surface area contributed by atoms with Crippen molar-refractivity contribution in [1.82, 2.24) is 4.98 Å². The average Bonchev–Trinajstić information content (AvgIpc) is 2.14. The number of methoxy groups -OCH3 is 1. The second kappa shape index (κ2) is 3.00. The van der Waals surface area contributed by atoms with Crippen LogP contribution in [0.1, 0.15) is 24.8 Å². The lowest BCUT2D eigenvalue weighted by Gasteiger charge is -2.38. The van der Waals surface area contributed by atoms with Crippen LogP contribution in [0.15, 0.2) is 18.5 Å². The Labute approximate surface area is 77.9 Å². The van der Waals surface area contributed by atoms with Gasteiger partial charge >= 0.3 is 0 Å². The smallest absolute Gasteiger partial charge is 0.137 e. The van der Waals surface area contributed by atoms with Gasteiger partial charge in [-0.15, -0.1) is 0 Å². The SMILES string of the molecule is COc1cncc(C2(N)CCC2)c1. The summed E-state index contributed by atoms with van der Waals surface area (Å²) in [7, 11) is 1.64. The molecule has 3 nitrogen and oxygen atoms in total. The molecule has 2 N–H and O–H groups in total. The van der Waals surface area contributed by atoms with Gasteiger partial charge in [0.1, 0.15) is 5.75 Å². The number of nitrogens with two attached hydrogens (primary N) is 1. The first-order valence-corrected chi connectivity index (χ1v) is 4.53. The number of hydrogen-bond acceptors (Lipinski definition) is 3. The van der Waals surface area contributed by atoms with E-state index >= 15 is 0 Å². The first-order valence-electron chi connectivity index (χ1n) is 4.53. The van der Waals surface area contributed by atoms with Gasteiger partial charge in [0.2, 0.25) is 0 Å². The first-order chi connectivity index (χ1) is 6.24. The zero-order chi connectivity index (χ0) is 9.31. The normalized spacial score (nSPS) is 19.2. The van der Waals surface area contributed by atoms with Crippen molar-refractivity contribution >= 4 is 0 Å². The van der Waals surface area contributed by atoms with Crippen molar-refractivity contribution in [3.8, 4) is 5.75 Å². The Hall–Kier alpha value is -1.09. The van der Waals surface area contributed by atoms with Gasteiger partial charge in [0.05, 0.1) is 13.3 Å². The van der Waals surface area contributed by atoms with E-state index in [2.05, 4.69) is 4.98 Å². The van der Waals surface area contributed by atoms with Gasteiger partial charge in [-0.25, -0.2) is 0 Å². The van der Waals surface area contributed by atoms with Crippen LogP contribution in [-0.2, 0) is 5.54 Å². The molecule has 0 unspecified atom stereocenters. The minimum absolute atomic E-state index is 0.137. The average molecular weight is 178 g/mol. The Morgan fingerprint density at radius 1 is 1.46 bits per heavy atom. The first kappa shape index (κ1) is 8.51. The summed E-state index contributed by atoms with van der Waals surface area (Å²) in [5.41, 5.74) is 7.11. The van der Waals surface area contributed by atoms with Gasteiger partial charge in [-0.1, -0.05) is 0 Å². The lowest BCUT2D eigenvalue weighted by atomic mass is 9.73. The van der Waals surface area contributed by atoms with E-state index in [0.717, 1.165) is 24.2 Å². The molecule has 0 atom stereocenters. The second-order valence-electron chi connectivity index (χ2n) is 3.62. The molecule has 3 heteroatoms. The molecule has 70 valence electrons. The number of ether oxygens (including phenoxy) is 1. The lowest BCUT2D eigenvalue weighted by molar-refractivity contribution is 0.252. The van der Waals surface area contributed by atoms with Crippen LogP contribution in [0.3, 0.4) is 0 Å². The van der Waals surface area contributed by atoms with E-state index in [-0.39, 0.29) is 5.54 Å². The van der Waals surface area contributed by atoms with Gasteiger partial charge in [-0.05, 0) is 30.9 Å². The van der Waals surface area contributed by atoms with Crippen LogP contribution in [0, 0.1) is 0 Å². The van der Waals surface area contributed by atoms with Gasteiger partial charge in [0.25, 0.3) is 0 Å². The molecule has 1 aromatic heterocycles. The maximum atomic E-state index is 6.15. The number of nitrogens with zero attached hydrogens (tertiary/aromatic N) is 1. The minimum Gasteiger partial charge on any atom is -0.495 e. The van der Waals surface area contributed by atoms with Crippen molar-refractivity contribution < 1.29 is 4.74 Å². The molecule has 2 rings (SSSR count). The predicted octanol–water partition coefficient (Wildman–Crippen LogP) is 1.43. The molecule has 1 saturated carbocycles. The van der Waals surface area contributed by atoms with Gasteiger partial charge in [0, 0.05) is 11.7 Å². The highest BCUT2D eigenvalue weighted by molar-refractivity contribution is 5.30. The van der Waals surface area contributed by atoms with Crippen molar-refractivity contribution in [3.05, 3.63) is 24.0 Å². The van der Waals surface area contributed by atoms with Crippen LogP contribution < -0.4 is 10.5 Å². The van der Waals surface area contributed by atoms with E-state index in [1.54, 1.807) is 13.3 Å². The van der Waals surface area contributed by atoms with Gasteiger partial charge in [-0.2, -0.15) is 0 Å². The van der Waals surface area contributed by atoms with Crippen LogP contribution in [-0.4, -0.2) is 12.1 Å². The second-order valence-corrected chi connectivity index (χ2v) is 3.62. The Morgan fingerprint density at radius 3 is 2.77 bits per heavy atom. The third-order valence-electron chi connectivity index (χ3n) is 2.77. The van der Waals surface area contributed by atoms with Gasteiger partial charge < -0.3 is 10.5 Å². The Bertz CT molecular complexity index is 308. The third-order valence-corrected chi connectivity index (χ3v) is 2.77. The molecule has 0 spiro atoms. The van der Waals surface area contributed by atoms with Crippen molar-refractivity contribution in [3.63, 3.8) is 0 Å². The molecule has 1 heterocycles. The summed E-state index contributed by atoms with van der Waals surface area (Å²) in [5.74, 6) is 0.786. The number of aromatic nitrogens is 1. The minimum atomic E-state index is -0.137. The molecular formula is C10H14N2O. The maximum Gasteiger partial charge on any atom is 0.137 e. The van der Waals surface area contributed by atoms with Crippen molar-refractivity contribution in [2.24, 2.45) is 5.73 Å². The number of rotatable bonds is 2. The molecule has 13 heavy (non-hydrogen) atoms. The quantitative estimate of drug-likeness (QED) is 0.745. The fourth-order valence-electron chi connectivity index (χ4n) is 1.65. The van der Waals surface area contributed by atoms with Crippen LogP contribution in [0.25, 0.3) is 0 Å². The summed E-state index contributed by atoms with van der Waals surface area (Å²) in [6.07, 6.45) is 6.87. The highest BCUT2D eigenvalue weighted by atomic mass is 16.5. The maximum absolute atomic E-state index is 6.15. The number of hydrogen-bond donors (Lipinski definition) is 1. The molecule has 0 aromatic carbocycles. The fourth-order valence-corrected chi connectivity index (χ4v) is 1.65. The lowest BCUT2D eigenvalue weighted by Crippen LogP contribution is -2.43. The third kappa shape index (κ3) is 1.40. The van der Waals surface area contributed by atoms with Crippen molar-refractivity contribution in [2.45, 2.75) is 24.8 Å². The molecule has 1 aromatic rings. The van der Waals surface area contributed by atoms with Crippen molar-refractivity contribution in [2.75, 3.05) is 7.11 Å². The largest absolute Gasteiger partial charge is 0.495 e. The molecule has 1 aliphatic rings. The highest BCUT2D eigenvalue weighted by Crippen LogP contribution is 2.39. The molecular weight excluding hydrogens is 164 g/mol. The predicted molar refractivity (Wildman–Crippen MR) is 50.5 cm³/mol. The monoisotopic (exact) mass is 178 g/mol. The zero-order valence-electron chi connectivity index (χ0n) is 7.79. The molecule has 0 bridgehead atoms. The molecule has 1 aliphatic carbocycles. The Balaban J connectivity index is 2.29. The Morgan fingerprint density at radius 2 is 2.23 bits per heavy atom. The Kier molecular flexibility index (Phi) is 1.96. The zero-order valence-corrected chi connectivity index (χ0v) is 7.79. The van der Waals surface area contributed by atoms with E-state index in [1.807, 2.05) is 12.3 Å². The highest BCUT2D eigenvalue weighted by Gasteiger charge is 2.34. The van der Waals surface area contributed by atoms with E-state index in [1.165, 1.54) is 6.42 Å². The van der Waals surface area contributed by atoms with Gasteiger partial charge in [0.15, 0.2) is 0 Å². The van der Waals surface area contributed by atoms with E-state index in [0.29, 0.717) is 0 Å². The molecule has 0 amide bonds. The standard InChI is InChI=1S/C10H14N2O/c1-13-9-5-8(6-12-7-9)10(11)3-2-4-10/h5-7H,2-4,11H2,1H3. The molecule has 0 radical (unpaired) electrons. The summed E-state index contributed by atoms with van der Waals surface area (Å²) >= 11 is 0. The fraction of sp³-hybridized carbons (Fsp3) is 0.500. The summed E-state index contributed by atoms with van der Waals surface area (Å²) < 4.78 is 5.10. The van der Waals surface area contributed by atoms with Gasteiger partial charge in [-0.3, -0.25) is 4.98 Å². The van der Waals surface area contributed by atoms with E-state index in [4.69, 9.17) is 10.5 Å². The molecule has 1 fully saturated rings. The van der Waals surface area contributed by atoms with Crippen molar-refractivity contribution in [1.29, 1.82) is 0 Å². The topological polar surface area (TPSA) is 48.1 Å². The summed E-state index contributed by atoms with van der Waals surface area (Å²) in [4.78, 5) is 4.10. The van der Waals surface area contributed by atoms with Crippen LogP contribution in [0.4, 0.5) is 0 Å². The summed E-state index contributed by atoms with van der Waals surface area (Å²) in [6, 6.07) is 1.98. The van der Waals surface area contributed by atoms with E-state index < -0.39 is 0 Å². The number of pyridine rings is 1. The molecule has 0 saturated heterocycles. The van der Waals surface area contributed by atoms with Crippen LogP contribution in [0.2, 0.25) is 0 Å². The van der Waals surface area contributed by atoms with E-state index in [9.17, 15) is 0 Å². The summed E-state index contributed by atoms with van der Waals surface area (Å²) in [5, 5.41) is 0. The molecule has 0 aliphatic heterocycles. The van der Waals surface area contributed by atoms with Crippen LogP contribution >= 0.6 is 0 Å². The van der Waals surface area contributed by atoms with Crippen LogP contribution in [0.5, 0.6) is 5.75 Å².